The van der Waals surface area contributed by atoms with Crippen LogP contribution in [0.3, 0.4) is 0 Å². The fourth-order valence-electron chi connectivity index (χ4n) is 2.20. The van der Waals surface area contributed by atoms with E-state index in [1.807, 2.05) is 11.8 Å². The van der Waals surface area contributed by atoms with Crippen LogP contribution in [0.1, 0.15) is 27.2 Å². The predicted octanol–water partition coefficient (Wildman–Crippen LogP) is 0.605. The van der Waals surface area contributed by atoms with Crippen LogP contribution >= 0.6 is 0 Å². The second-order valence-corrected chi connectivity index (χ2v) is 7.32. The van der Waals surface area contributed by atoms with Gasteiger partial charge in [0.2, 0.25) is 0 Å². The van der Waals surface area contributed by atoms with Gasteiger partial charge >= 0.3 is 5.97 Å². The molecule has 0 aromatic carbocycles. The van der Waals surface area contributed by atoms with E-state index in [0.29, 0.717) is 12.5 Å². The summed E-state index contributed by atoms with van der Waals surface area (Å²) in [7, 11) is -3.07. The topological polar surface area (TPSA) is 74.7 Å². The van der Waals surface area contributed by atoms with E-state index < -0.39 is 15.8 Å². The normalized spacial score (nSPS) is 26.9. The third kappa shape index (κ3) is 3.96. The zero-order valence-electron chi connectivity index (χ0n) is 10.6. The lowest BCUT2D eigenvalue weighted by atomic mass is 10.0. The minimum absolute atomic E-state index is 0.0314. The molecule has 0 amide bonds. The lowest BCUT2D eigenvalue weighted by Gasteiger charge is -2.40. The van der Waals surface area contributed by atoms with Gasteiger partial charge in [0.1, 0.15) is 0 Å². The van der Waals surface area contributed by atoms with Crippen LogP contribution in [0.15, 0.2) is 0 Å². The van der Waals surface area contributed by atoms with Crippen molar-refractivity contribution in [1.82, 2.24) is 4.90 Å². The van der Waals surface area contributed by atoms with Crippen LogP contribution in [-0.2, 0) is 14.6 Å². The summed E-state index contributed by atoms with van der Waals surface area (Å²) in [6.45, 7) is 6.59. The highest BCUT2D eigenvalue weighted by molar-refractivity contribution is 7.91. The molecule has 6 heteroatoms. The van der Waals surface area contributed by atoms with Gasteiger partial charge in [-0.25, -0.2) is 8.42 Å². The maximum atomic E-state index is 11.6. The Morgan fingerprint density at radius 3 is 2.47 bits per heavy atom. The third-order valence-corrected chi connectivity index (χ3v) is 5.17. The van der Waals surface area contributed by atoms with E-state index in [9.17, 15) is 13.2 Å². The van der Waals surface area contributed by atoms with E-state index in [-0.39, 0.29) is 30.0 Å². The van der Waals surface area contributed by atoms with Crippen LogP contribution < -0.4 is 0 Å². The maximum absolute atomic E-state index is 11.6. The first-order valence-electron chi connectivity index (χ1n) is 5.91. The van der Waals surface area contributed by atoms with E-state index >= 15 is 0 Å². The van der Waals surface area contributed by atoms with Gasteiger partial charge in [0.05, 0.1) is 17.9 Å². The Labute approximate surface area is 103 Å². The van der Waals surface area contributed by atoms with Crippen molar-refractivity contribution in [2.45, 2.75) is 39.3 Å². The fourth-order valence-corrected chi connectivity index (χ4v) is 3.75. The first kappa shape index (κ1) is 14.4. The summed E-state index contributed by atoms with van der Waals surface area (Å²) in [5.74, 6) is -0.448. The molecule has 0 saturated carbocycles. The van der Waals surface area contributed by atoms with Crippen molar-refractivity contribution in [2.75, 3.05) is 18.1 Å². The predicted molar refractivity (Wildman–Crippen MR) is 65.7 cm³/mol. The number of carbonyl (C=O) groups is 1. The van der Waals surface area contributed by atoms with Gasteiger partial charge in [-0.2, -0.15) is 0 Å². The van der Waals surface area contributed by atoms with Crippen LogP contribution in [0.2, 0.25) is 0 Å². The van der Waals surface area contributed by atoms with Crippen LogP contribution in [0.5, 0.6) is 0 Å². The van der Waals surface area contributed by atoms with Crippen molar-refractivity contribution in [3.8, 4) is 0 Å². The number of carboxylic acid groups (broad SMARTS) is 1. The number of hydrogen-bond donors (Lipinski definition) is 1. The molecule has 0 radical (unpaired) electrons. The van der Waals surface area contributed by atoms with Crippen LogP contribution in [0, 0.1) is 5.92 Å². The van der Waals surface area contributed by atoms with Gasteiger partial charge in [-0.15, -0.1) is 0 Å². The van der Waals surface area contributed by atoms with Gasteiger partial charge in [-0.1, -0.05) is 13.8 Å². The number of sulfone groups is 1. The first-order valence-corrected chi connectivity index (χ1v) is 7.73. The Balaban J connectivity index is 2.84. The van der Waals surface area contributed by atoms with E-state index in [2.05, 4.69) is 13.8 Å². The molecule has 1 heterocycles. The highest BCUT2D eigenvalue weighted by atomic mass is 32.2. The molecule has 2 unspecified atom stereocenters. The molecule has 1 aliphatic heterocycles. The summed E-state index contributed by atoms with van der Waals surface area (Å²) in [6.07, 6.45) is -0.101. The Morgan fingerprint density at radius 1 is 1.41 bits per heavy atom. The van der Waals surface area contributed by atoms with Crippen molar-refractivity contribution in [3.63, 3.8) is 0 Å². The van der Waals surface area contributed by atoms with E-state index in [1.165, 1.54) is 0 Å². The van der Waals surface area contributed by atoms with Gasteiger partial charge in [-0.3, -0.25) is 9.69 Å². The summed E-state index contributed by atoms with van der Waals surface area (Å²) in [5.41, 5.74) is 0. The number of rotatable bonds is 4. The van der Waals surface area contributed by atoms with Crippen molar-refractivity contribution in [3.05, 3.63) is 0 Å². The molecule has 1 rings (SSSR count). The monoisotopic (exact) mass is 263 g/mol. The Hall–Kier alpha value is -0.620. The fraction of sp³-hybridized carbons (Fsp3) is 0.909. The number of hydrogen-bond acceptors (Lipinski definition) is 4. The maximum Gasteiger partial charge on any atom is 0.304 e. The minimum atomic E-state index is -3.07. The van der Waals surface area contributed by atoms with Gasteiger partial charge in [0.15, 0.2) is 9.84 Å². The molecule has 17 heavy (non-hydrogen) atoms. The standard InChI is InChI=1S/C11H21NO4S/c1-8(2)9(3)12-4-5-17(15,16)7-10(12)6-11(13)14/h8-10H,4-7H2,1-3H3,(H,13,14). The molecule has 1 saturated heterocycles. The second kappa shape index (κ2) is 5.35. The highest BCUT2D eigenvalue weighted by Crippen LogP contribution is 2.21. The summed E-state index contributed by atoms with van der Waals surface area (Å²) in [5, 5.41) is 8.85. The van der Waals surface area contributed by atoms with E-state index in [4.69, 9.17) is 5.11 Å². The lowest BCUT2D eigenvalue weighted by molar-refractivity contribution is -0.138. The van der Waals surface area contributed by atoms with E-state index in [1.54, 1.807) is 0 Å². The largest absolute Gasteiger partial charge is 0.481 e. The summed E-state index contributed by atoms with van der Waals surface area (Å²) < 4.78 is 23.1. The molecular weight excluding hydrogens is 242 g/mol. The average Bonchev–Trinajstić information content (AvgIpc) is 2.14. The molecule has 1 aliphatic rings. The molecule has 0 aliphatic carbocycles. The number of carboxylic acids is 1. The zero-order chi connectivity index (χ0) is 13.2. The Kier molecular flexibility index (Phi) is 4.55. The lowest BCUT2D eigenvalue weighted by Crippen LogP contribution is -2.54. The molecule has 1 fully saturated rings. The van der Waals surface area contributed by atoms with E-state index in [0.717, 1.165) is 0 Å². The smallest absolute Gasteiger partial charge is 0.304 e. The summed E-state index contributed by atoms with van der Waals surface area (Å²) in [4.78, 5) is 12.8. The average molecular weight is 263 g/mol. The van der Waals surface area contributed by atoms with Crippen molar-refractivity contribution in [1.29, 1.82) is 0 Å². The van der Waals surface area contributed by atoms with Crippen molar-refractivity contribution < 1.29 is 18.3 Å². The molecular formula is C11H21NO4S. The molecule has 100 valence electrons. The van der Waals surface area contributed by atoms with Crippen LogP contribution in [0.25, 0.3) is 0 Å². The first-order chi connectivity index (χ1) is 7.73. The van der Waals surface area contributed by atoms with Crippen LogP contribution in [-0.4, -0.2) is 54.5 Å². The van der Waals surface area contributed by atoms with Gasteiger partial charge in [0.25, 0.3) is 0 Å². The Morgan fingerprint density at radius 2 is 2.00 bits per heavy atom. The summed E-state index contributed by atoms with van der Waals surface area (Å²) in [6, 6.07) is -0.182. The number of nitrogens with zero attached hydrogens (tertiary/aromatic N) is 1. The molecule has 0 spiro atoms. The molecule has 0 aromatic heterocycles. The Bertz CT molecular complexity index is 377. The van der Waals surface area contributed by atoms with Gasteiger partial charge in [-0.05, 0) is 12.8 Å². The highest BCUT2D eigenvalue weighted by Gasteiger charge is 2.35. The molecule has 0 bridgehead atoms. The van der Waals surface area contributed by atoms with Gasteiger partial charge < -0.3 is 5.11 Å². The van der Waals surface area contributed by atoms with Crippen molar-refractivity contribution in [2.24, 2.45) is 5.92 Å². The molecule has 0 aromatic rings. The van der Waals surface area contributed by atoms with Gasteiger partial charge in [0, 0.05) is 18.6 Å². The SMILES string of the molecule is CC(C)C(C)N1CCS(=O)(=O)CC1CC(=O)O. The zero-order valence-corrected chi connectivity index (χ0v) is 11.4. The number of aliphatic carboxylic acids is 1. The second-order valence-electron chi connectivity index (χ2n) is 5.09. The quantitative estimate of drug-likeness (QED) is 0.804. The summed E-state index contributed by atoms with van der Waals surface area (Å²) >= 11 is 0. The third-order valence-electron chi connectivity index (χ3n) is 3.47. The molecule has 5 nitrogen and oxygen atoms in total. The van der Waals surface area contributed by atoms with Crippen molar-refractivity contribution >= 4 is 15.8 Å². The minimum Gasteiger partial charge on any atom is -0.481 e. The molecule has 2 atom stereocenters. The van der Waals surface area contributed by atoms with Crippen LogP contribution in [0.4, 0.5) is 0 Å². The molecule has 1 N–H and O–H groups in total.